The molecule has 1 fully saturated rings. The molecule has 1 aliphatic heterocycles. The van der Waals surface area contributed by atoms with Gasteiger partial charge in [-0.05, 0) is 6.92 Å². The number of hydrogen-bond acceptors (Lipinski definition) is 5. The Morgan fingerprint density at radius 3 is 3.07 bits per heavy atom. The summed E-state index contributed by atoms with van der Waals surface area (Å²) in [5, 5.41) is 3.79. The third kappa shape index (κ3) is 5.12. The van der Waals surface area contributed by atoms with Crippen LogP contribution < -0.4 is 5.32 Å². The van der Waals surface area contributed by atoms with Gasteiger partial charge in [-0.25, -0.2) is 0 Å². The zero-order valence-electron chi connectivity index (χ0n) is 8.45. The van der Waals surface area contributed by atoms with Crippen LogP contribution >= 0.6 is 23.5 Å². The van der Waals surface area contributed by atoms with E-state index in [-0.39, 0.29) is 5.97 Å². The lowest BCUT2D eigenvalue weighted by Gasteiger charge is -2.20. The second-order valence-electron chi connectivity index (χ2n) is 3.00. The minimum absolute atomic E-state index is 0.152. The number of carbonyl (C=O) groups is 1. The van der Waals surface area contributed by atoms with Crippen molar-refractivity contribution in [3.8, 4) is 0 Å². The predicted octanol–water partition coefficient (Wildman–Crippen LogP) is 0.988. The quantitative estimate of drug-likeness (QED) is 0.719. The predicted molar refractivity (Wildman–Crippen MR) is 63.1 cm³/mol. The molecule has 0 radical (unpaired) electrons. The van der Waals surface area contributed by atoms with Gasteiger partial charge in [-0.1, -0.05) is 0 Å². The summed E-state index contributed by atoms with van der Waals surface area (Å²) >= 11 is 3.99. The third-order valence-electron chi connectivity index (χ3n) is 1.83. The minimum atomic E-state index is -0.152. The summed E-state index contributed by atoms with van der Waals surface area (Å²) in [6.45, 7) is 3.55. The van der Waals surface area contributed by atoms with Crippen LogP contribution in [0.25, 0.3) is 0 Å². The lowest BCUT2D eigenvalue weighted by Crippen LogP contribution is -2.33. The summed E-state index contributed by atoms with van der Waals surface area (Å²) < 4.78 is 4.82. The van der Waals surface area contributed by atoms with Crippen molar-refractivity contribution in [3.05, 3.63) is 0 Å². The molecule has 1 saturated heterocycles. The highest BCUT2D eigenvalue weighted by atomic mass is 32.2. The highest BCUT2D eigenvalue weighted by Crippen LogP contribution is 2.23. The second kappa shape index (κ2) is 7.43. The molecule has 1 rings (SSSR count). The molecule has 1 heterocycles. The molecule has 1 unspecified atom stereocenters. The Labute approximate surface area is 93.7 Å². The van der Waals surface area contributed by atoms with Gasteiger partial charge in [0.05, 0.1) is 13.2 Å². The molecule has 1 aliphatic rings. The van der Waals surface area contributed by atoms with Crippen LogP contribution in [0.3, 0.4) is 0 Å². The van der Waals surface area contributed by atoms with E-state index in [1.165, 1.54) is 17.3 Å². The van der Waals surface area contributed by atoms with Crippen molar-refractivity contribution in [2.75, 3.05) is 37.0 Å². The van der Waals surface area contributed by atoms with Crippen molar-refractivity contribution in [2.45, 2.75) is 12.2 Å². The molecule has 0 saturated carbocycles. The fraction of sp³-hybridized carbons (Fsp3) is 0.889. The van der Waals surface area contributed by atoms with Crippen molar-refractivity contribution >= 4 is 29.5 Å². The van der Waals surface area contributed by atoms with E-state index in [9.17, 15) is 4.79 Å². The van der Waals surface area contributed by atoms with E-state index in [1.807, 2.05) is 30.4 Å². The normalized spacial score (nSPS) is 21.9. The molecule has 0 aliphatic carbocycles. The molecule has 14 heavy (non-hydrogen) atoms. The van der Waals surface area contributed by atoms with Gasteiger partial charge in [0.15, 0.2) is 0 Å². The van der Waals surface area contributed by atoms with Crippen LogP contribution in [-0.4, -0.2) is 48.2 Å². The van der Waals surface area contributed by atoms with Crippen molar-refractivity contribution in [3.63, 3.8) is 0 Å². The van der Waals surface area contributed by atoms with Crippen LogP contribution in [0.15, 0.2) is 0 Å². The molecule has 0 aromatic heterocycles. The lowest BCUT2D eigenvalue weighted by molar-refractivity contribution is -0.141. The Kier molecular flexibility index (Phi) is 6.47. The molecule has 0 spiro atoms. The van der Waals surface area contributed by atoms with Crippen molar-refractivity contribution in [1.82, 2.24) is 5.32 Å². The number of rotatable bonds is 5. The van der Waals surface area contributed by atoms with E-state index in [1.54, 1.807) is 0 Å². The monoisotopic (exact) mass is 235 g/mol. The van der Waals surface area contributed by atoms with E-state index >= 15 is 0 Å². The molecule has 0 aromatic rings. The molecule has 0 aromatic carbocycles. The zero-order chi connectivity index (χ0) is 10.2. The first-order valence-electron chi connectivity index (χ1n) is 4.88. The van der Waals surface area contributed by atoms with Crippen molar-refractivity contribution in [2.24, 2.45) is 0 Å². The minimum Gasteiger partial charge on any atom is -0.465 e. The molecular weight excluding hydrogens is 218 g/mol. The number of ether oxygens (including phenoxy) is 1. The maximum absolute atomic E-state index is 11.0. The van der Waals surface area contributed by atoms with Crippen LogP contribution in [0.2, 0.25) is 0 Å². The van der Waals surface area contributed by atoms with Crippen LogP contribution in [0.1, 0.15) is 6.92 Å². The van der Waals surface area contributed by atoms with E-state index in [2.05, 4.69) is 5.32 Å². The largest absolute Gasteiger partial charge is 0.465 e. The molecule has 5 heteroatoms. The number of thioether (sulfide) groups is 2. The van der Waals surface area contributed by atoms with E-state index < -0.39 is 0 Å². The number of carbonyl (C=O) groups excluding carboxylic acids is 1. The van der Waals surface area contributed by atoms with Crippen LogP contribution in [-0.2, 0) is 9.53 Å². The lowest BCUT2D eigenvalue weighted by atomic mass is 10.4. The SMILES string of the molecule is CCOC(=O)CNCC1CSCCS1. The fourth-order valence-corrected chi connectivity index (χ4v) is 3.85. The molecule has 0 amide bonds. The van der Waals surface area contributed by atoms with Gasteiger partial charge in [-0.2, -0.15) is 23.5 Å². The summed E-state index contributed by atoms with van der Waals surface area (Å²) in [5.74, 6) is 3.54. The van der Waals surface area contributed by atoms with Gasteiger partial charge >= 0.3 is 5.97 Å². The molecule has 1 N–H and O–H groups in total. The Balaban J connectivity index is 1.99. The summed E-state index contributed by atoms with van der Waals surface area (Å²) in [6, 6.07) is 0. The Hall–Kier alpha value is 0.130. The fourth-order valence-electron chi connectivity index (χ4n) is 1.20. The molecular formula is C9H17NO2S2. The van der Waals surface area contributed by atoms with Gasteiger partial charge in [0, 0.05) is 29.1 Å². The van der Waals surface area contributed by atoms with Gasteiger partial charge in [0.1, 0.15) is 0 Å². The maximum Gasteiger partial charge on any atom is 0.319 e. The number of nitrogens with one attached hydrogen (secondary N) is 1. The summed E-state index contributed by atoms with van der Waals surface area (Å²) in [7, 11) is 0. The van der Waals surface area contributed by atoms with Crippen molar-refractivity contribution in [1.29, 1.82) is 0 Å². The van der Waals surface area contributed by atoms with Crippen molar-refractivity contribution < 1.29 is 9.53 Å². The first kappa shape index (κ1) is 12.2. The smallest absolute Gasteiger partial charge is 0.319 e. The van der Waals surface area contributed by atoms with Gasteiger partial charge in [-0.15, -0.1) is 0 Å². The summed E-state index contributed by atoms with van der Waals surface area (Å²) in [6.07, 6.45) is 0. The summed E-state index contributed by atoms with van der Waals surface area (Å²) in [5.41, 5.74) is 0. The Morgan fingerprint density at radius 2 is 2.43 bits per heavy atom. The Bertz CT molecular complexity index is 172. The topological polar surface area (TPSA) is 38.3 Å². The molecule has 3 nitrogen and oxygen atoms in total. The van der Waals surface area contributed by atoms with Gasteiger partial charge < -0.3 is 10.1 Å². The first-order chi connectivity index (χ1) is 6.83. The average Bonchev–Trinajstić information content (AvgIpc) is 2.20. The van der Waals surface area contributed by atoms with Gasteiger partial charge in [0.2, 0.25) is 0 Å². The zero-order valence-corrected chi connectivity index (χ0v) is 10.1. The first-order valence-corrected chi connectivity index (χ1v) is 7.09. The van der Waals surface area contributed by atoms with Crippen LogP contribution in [0.5, 0.6) is 0 Å². The van der Waals surface area contributed by atoms with Gasteiger partial charge in [-0.3, -0.25) is 4.79 Å². The Morgan fingerprint density at radius 1 is 1.57 bits per heavy atom. The number of esters is 1. The van der Waals surface area contributed by atoms with E-state index in [0.29, 0.717) is 18.4 Å². The highest BCUT2D eigenvalue weighted by Gasteiger charge is 2.14. The van der Waals surface area contributed by atoms with Crippen LogP contribution in [0, 0.1) is 0 Å². The van der Waals surface area contributed by atoms with E-state index in [4.69, 9.17) is 4.74 Å². The summed E-state index contributed by atoms with van der Waals surface area (Å²) in [4.78, 5) is 11.0. The van der Waals surface area contributed by atoms with Gasteiger partial charge in [0.25, 0.3) is 0 Å². The second-order valence-corrected chi connectivity index (χ2v) is 5.56. The van der Waals surface area contributed by atoms with Crippen LogP contribution in [0.4, 0.5) is 0 Å². The van der Waals surface area contributed by atoms with E-state index in [0.717, 1.165) is 6.54 Å². The standard InChI is InChI=1S/C9H17NO2S2/c1-2-12-9(11)6-10-5-8-7-13-3-4-14-8/h8,10H,2-7H2,1H3. The molecule has 1 atom stereocenters. The number of hydrogen-bond donors (Lipinski definition) is 1. The highest BCUT2D eigenvalue weighted by molar-refractivity contribution is 8.06. The molecule has 0 bridgehead atoms. The average molecular weight is 235 g/mol. The third-order valence-corrected chi connectivity index (χ3v) is 4.68. The molecule has 82 valence electrons. The maximum atomic E-state index is 11.0.